The lowest BCUT2D eigenvalue weighted by atomic mass is 9.81. The predicted molar refractivity (Wildman–Crippen MR) is 137 cm³/mol. The highest BCUT2D eigenvalue weighted by molar-refractivity contribution is 7.89. The van der Waals surface area contributed by atoms with Gasteiger partial charge in [0.2, 0.25) is 15.9 Å². The van der Waals surface area contributed by atoms with Crippen molar-refractivity contribution in [1.29, 1.82) is 0 Å². The number of thiazole rings is 1. The second-order valence-electron chi connectivity index (χ2n) is 10.3. The van der Waals surface area contributed by atoms with Gasteiger partial charge in [-0.25, -0.2) is 13.4 Å². The molecule has 1 N–H and O–H groups in total. The van der Waals surface area contributed by atoms with Crippen LogP contribution in [0.3, 0.4) is 0 Å². The molecule has 14 heteroatoms. The zero-order chi connectivity index (χ0) is 28.6. The van der Waals surface area contributed by atoms with Crippen LogP contribution in [0, 0.1) is 12.8 Å². The lowest BCUT2D eigenvalue weighted by molar-refractivity contribution is -0.147. The third kappa shape index (κ3) is 6.84. The molecule has 212 valence electrons. The van der Waals surface area contributed by atoms with Gasteiger partial charge in [-0.1, -0.05) is 25.3 Å². The normalized spacial score (nSPS) is 15.7. The third-order valence-corrected chi connectivity index (χ3v) is 9.23. The van der Waals surface area contributed by atoms with Gasteiger partial charge >= 0.3 is 6.18 Å². The summed E-state index contributed by atoms with van der Waals surface area (Å²) in [7, 11) is -4.39. The number of halogens is 3. The summed E-state index contributed by atoms with van der Waals surface area (Å²) in [5, 5.41) is 8.66. The number of rotatable bonds is 11. The molecular formula is C25H29F3N4O5S2. The SMILES string of the molecule is Cc1cc(S(=O)(=O)N[C@@H](C)C(F)(F)F)ccc1-c1sc(-c2nnc(CC(C)(C)OC=O)o2)nc1CC1CCC1. The molecule has 1 aliphatic carbocycles. The molecule has 1 fully saturated rings. The number of hydrogen-bond acceptors (Lipinski definition) is 9. The zero-order valence-corrected chi connectivity index (χ0v) is 23.5. The van der Waals surface area contributed by atoms with Crippen molar-refractivity contribution in [2.45, 2.75) is 82.5 Å². The summed E-state index contributed by atoms with van der Waals surface area (Å²) in [6, 6.07) is 2.01. The molecule has 3 aromatic rings. The van der Waals surface area contributed by atoms with Gasteiger partial charge in [0.05, 0.1) is 21.9 Å². The van der Waals surface area contributed by atoms with Crippen LogP contribution in [0.1, 0.15) is 57.2 Å². The summed E-state index contributed by atoms with van der Waals surface area (Å²) in [6.07, 6.45) is -0.454. The Bertz CT molecular complexity index is 1450. The monoisotopic (exact) mass is 586 g/mol. The molecule has 0 bridgehead atoms. The molecule has 2 aromatic heterocycles. The summed E-state index contributed by atoms with van der Waals surface area (Å²) < 4.78 is 76.5. The van der Waals surface area contributed by atoms with Crippen molar-refractivity contribution in [2.24, 2.45) is 5.92 Å². The van der Waals surface area contributed by atoms with E-state index in [4.69, 9.17) is 14.1 Å². The van der Waals surface area contributed by atoms with E-state index in [0.717, 1.165) is 48.7 Å². The van der Waals surface area contributed by atoms with E-state index < -0.39 is 27.8 Å². The van der Waals surface area contributed by atoms with Crippen molar-refractivity contribution in [2.75, 3.05) is 0 Å². The van der Waals surface area contributed by atoms with E-state index in [9.17, 15) is 26.4 Å². The first-order chi connectivity index (χ1) is 18.2. The minimum Gasteiger partial charge on any atom is -0.461 e. The van der Waals surface area contributed by atoms with Crippen molar-refractivity contribution in [1.82, 2.24) is 19.9 Å². The highest BCUT2D eigenvalue weighted by atomic mass is 32.2. The van der Waals surface area contributed by atoms with Crippen LogP contribution in [0.15, 0.2) is 27.5 Å². The number of alkyl halides is 3. The Hall–Kier alpha value is -2.84. The van der Waals surface area contributed by atoms with Crippen molar-refractivity contribution in [3.05, 3.63) is 35.3 Å². The van der Waals surface area contributed by atoms with E-state index in [-0.39, 0.29) is 23.1 Å². The number of aryl methyl sites for hydroxylation is 1. The van der Waals surface area contributed by atoms with Gasteiger partial charge in [0.25, 0.3) is 12.4 Å². The summed E-state index contributed by atoms with van der Waals surface area (Å²) >= 11 is 1.32. The third-order valence-electron chi connectivity index (χ3n) is 6.57. The maximum absolute atomic E-state index is 12.9. The van der Waals surface area contributed by atoms with Crippen LogP contribution >= 0.6 is 11.3 Å². The Morgan fingerprint density at radius 2 is 1.97 bits per heavy atom. The average molecular weight is 587 g/mol. The van der Waals surface area contributed by atoms with Gasteiger partial charge in [-0.2, -0.15) is 17.9 Å². The van der Waals surface area contributed by atoms with Gasteiger partial charge in [-0.05, 0) is 63.3 Å². The van der Waals surface area contributed by atoms with Gasteiger partial charge in [0.1, 0.15) is 11.6 Å². The van der Waals surface area contributed by atoms with E-state index in [1.54, 1.807) is 31.6 Å². The zero-order valence-electron chi connectivity index (χ0n) is 21.8. The minimum atomic E-state index is -4.70. The molecule has 0 amide bonds. The summed E-state index contributed by atoms with van der Waals surface area (Å²) in [6.45, 7) is 6.26. The van der Waals surface area contributed by atoms with Gasteiger partial charge in [0, 0.05) is 0 Å². The second kappa shape index (κ2) is 11.0. The molecule has 0 spiro atoms. The number of carbonyl (C=O) groups excluding carboxylic acids is 1. The Morgan fingerprint density at radius 3 is 2.56 bits per heavy atom. The number of aromatic nitrogens is 3. The minimum absolute atomic E-state index is 0.209. The molecule has 0 aliphatic heterocycles. The fourth-order valence-corrected chi connectivity index (χ4v) is 6.55. The van der Waals surface area contributed by atoms with Gasteiger partial charge in [0.15, 0.2) is 5.01 Å². The molecule has 0 radical (unpaired) electrons. The molecular weight excluding hydrogens is 557 g/mol. The molecule has 4 rings (SSSR count). The maximum Gasteiger partial charge on any atom is 0.404 e. The van der Waals surface area contributed by atoms with E-state index in [0.29, 0.717) is 23.0 Å². The van der Waals surface area contributed by atoms with Crippen molar-refractivity contribution in [3.63, 3.8) is 0 Å². The maximum atomic E-state index is 12.9. The lowest BCUT2D eigenvalue weighted by Crippen LogP contribution is -2.42. The predicted octanol–water partition coefficient (Wildman–Crippen LogP) is 5.23. The van der Waals surface area contributed by atoms with E-state index in [1.807, 2.05) is 0 Å². The molecule has 9 nitrogen and oxygen atoms in total. The molecule has 2 heterocycles. The van der Waals surface area contributed by atoms with Crippen LogP contribution in [-0.4, -0.2) is 47.9 Å². The second-order valence-corrected chi connectivity index (χ2v) is 13.0. The number of sulfonamides is 1. The van der Waals surface area contributed by atoms with Crippen LogP contribution in [0.5, 0.6) is 0 Å². The first-order valence-electron chi connectivity index (χ1n) is 12.3. The number of carbonyl (C=O) groups is 1. The number of nitrogens with zero attached hydrogens (tertiary/aromatic N) is 3. The van der Waals surface area contributed by atoms with Crippen LogP contribution in [0.25, 0.3) is 21.3 Å². The van der Waals surface area contributed by atoms with Gasteiger partial charge in [-0.3, -0.25) is 4.79 Å². The highest BCUT2D eigenvalue weighted by Crippen LogP contribution is 2.40. The van der Waals surface area contributed by atoms with Gasteiger partial charge in [-0.15, -0.1) is 21.5 Å². The number of hydrogen-bond donors (Lipinski definition) is 1. The number of benzene rings is 1. The van der Waals surface area contributed by atoms with Gasteiger partial charge < -0.3 is 9.15 Å². The van der Waals surface area contributed by atoms with Crippen LogP contribution in [0.2, 0.25) is 0 Å². The highest BCUT2D eigenvalue weighted by Gasteiger charge is 2.39. The standard InChI is InChI=1S/C25H29F3N4O5S2/c1-14-10-17(39(34,35)32-15(2)25(26,27)28)8-9-18(14)21-19(11-16-6-5-7-16)29-23(38-21)22-31-30-20(37-22)12-24(3,4)36-13-33/h8-10,13,15-16,32H,5-7,11-12H2,1-4H3/t15-/m0/s1. The van der Waals surface area contributed by atoms with Crippen LogP contribution in [0.4, 0.5) is 13.2 Å². The summed E-state index contributed by atoms with van der Waals surface area (Å²) in [5.41, 5.74) is 1.27. The molecule has 0 unspecified atom stereocenters. The Morgan fingerprint density at radius 1 is 1.26 bits per heavy atom. The van der Waals surface area contributed by atoms with Crippen molar-refractivity contribution in [3.8, 4) is 21.3 Å². The quantitative estimate of drug-likeness (QED) is 0.303. The van der Waals surface area contributed by atoms with E-state index >= 15 is 0 Å². The molecule has 39 heavy (non-hydrogen) atoms. The van der Waals surface area contributed by atoms with Crippen molar-refractivity contribution >= 4 is 27.8 Å². The molecule has 1 aromatic carbocycles. The molecule has 0 saturated heterocycles. The van der Waals surface area contributed by atoms with Crippen molar-refractivity contribution < 1.29 is 35.5 Å². The van der Waals surface area contributed by atoms with E-state index in [2.05, 4.69) is 10.2 Å². The first-order valence-corrected chi connectivity index (χ1v) is 14.6. The fourth-order valence-electron chi connectivity index (χ4n) is 4.14. The Kier molecular flexibility index (Phi) is 8.20. The largest absolute Gasteiger partial charge is 0.461 e. The van der Waals surface area contributed by atoms with Crippen LogP contribution in [-0.2, 0) is 32.4 Å². The lowest BCUT2D eigenvalue weighted by Gasteiger charge is -2.24. The first kappa shape index (κ1) is 29.2. The fraction of sp³-hybridized carbons (Fsp3) is 0.520. The molecule has 1 aliphatic rings. The summed E-state index contributed by atoms with van der Waals surface area (Å²) in [4.78, 5) is 16.1. The average Bonchev–Trinajstić information content (AvgIpc) is 3.41. The molecule has 1 saturated carbocycles. The number of nitrogens with one attached hydrogen (secondary N) is 1. The molecule has 1 atom stereocenters. The van der Waals surface area contributed by atoms with E-state index in [1.165, 1.54) is 23.5 Å². The Balaban J connectivity index is 1.66. The topological polar surface area (TPSA) is 124 Å². The summed E-state index contributed by atoms with van der Waals surface area (Å²) in [5.74, 6) is 0.965. The smallest absolute Gasteiger partial charge is 0.404 e. The Labute approximate surface area is 228 Å². The van der Waals surface area contributed by atoms with Crippen LogP contribution < -0.4 is 4.72 Å². The number of ether oxygens (including phenoxy) is 1.